The first-order chi connectivity index (χ1) is 7.69. The molecule has 0 unspecified atom stereocenters. The van der Waals surface area contributed by atoms with Crippen molar-refractivity contribution in [2.24, 2.45) is 0 Å². The monoisotopic (exact) mass is 276 g/mol. The van der Waals surface area contributed by atoms with Crippen molar-refractivity contribution in [1.82, 2.24) is 9.36 Å². The Bertz CT molecular complexity index is 504. The minimum absolute atomic E-state index is 0.278. The van der Waals surface area contributed by atoms with E-state index in [1.807, 2.05) is 0 Å². The third-order valence-electron chi connectivity index (χ3n) is 1.67. The van der Waals surface area contributed by atoms with Crippen LogP contribution in [0.1, 0.15) is 0 Å². The van der Waals surface area contributed by atoms with Crippen molar-refractivity contribution in [1.29, 1.82) is 0 Å². The van der Waals surface area contributed by atoms with Gasteiger partial charge in [-0.3, -0.25) is 0 Å². The van der Waals surface area contributed by atoms with Gasteiger partial charge in [0, 0.05) is 17.6 Å². The van der Waals surface area contributed by atoms with Crippen molar-refractivity contribution in [2.45, 2.75) is 0 Å². The third kappa shape index (κ3) is 2.55. The largest absolute Gasteiger partial charge is 0.466 e. The molecule has 0 spiro atoms. The fraction of sp³-hybridized carbons (Fsp3) is 0.111. The van der Waals surface area contributed by atoms with E-state index in [4.69, 9.17) is 32.7 Å². The van der Waals surface area contributed by atoms with Crippen LogP contribution in [0.15, 0.2) is 18.2 Å². The van der Waals surface area contributed by atoms with Gasteiger partial charge < -0.3 is 9.47 Å². The maximum Gasteiger partial charge on any atom is 0.331 e. The Morgan fingerprint density at radius 2 is 2.06 bits per heavy atom. The molecular weight excluding hydrogens is 271 g/mol. The van der Waals surface area contributed by atoms with Gasteiger partial charge in [0.05, 0.1) is 17.2 Å². The van der Waals surface area contributed by atoms with E-state index in [0.717, 1.165) is 11.5 Å². The quantitative estimate of drug-likeness (QED) is 0.859. The molecule has 2 aromatic rings. The normalized spacial score (nSPS) is 10.2. The van der Waals surface area contributed by atoms with Gasteiger partial charge in [0.2, 0.25) is 0 Å². The van der Waals surface area contributed by atoms with Crippen LogP contribution >= 0.6 is 34.7 Å². The number of ether oxygens (including phenoxy) is 2. The van der Waals surface area contributed by atoms with Crippen LogP contribution in [0.3, 0.4) is 0 Å². The van der Waals surface area contributed by atoms with Gasteiger partial charge in [-0.2, -0.15) is 0 Å². The topological polar surface area (TPSA) is 44.2 Å². The SMILES string of the molecule is COc1nsc(Oc2ccc(Cl)c(Cl)c2)n1. The average molecular weight is 277 g/mol. The van der Waals surface area contributed by atoms with Crippen molar-refractivity contribution in [2.75, 3.05) is 7.11 Å². The molecule has 0 aliphatic heterocycles. The Kier molecular flexibility index (Phi) is 3.48. The van der Waals surface area contributed by atoms with Crippen LogP contribution in [0.25, 0.3) is 0 Å². The second kappa shape index (κ2) is 4.86. The summed E-state index contributed by atoms with van der Waals surface area (Å²) in [5, 5.41) is 1.29. The van der Waals surface area contributed by atoms with Crippen molar-refractivity contribution in [3.05, 3.63) is 28.2 Å². The Morgan fingerprint density at radius 3 is 2.69 bits per heavy atom. The highest BCUT2D eigenvalue weighted by molar-refractivity contribution is 7.07. The summed E-state index contributed by atoms with van der Waals surface area (Å²) in [7, 11) is 1.49. The van der Waals surface area contributed by atoms with Gasteiger partial charge in [0.1, 0.15) is 5.75 Å². The standard InChI is InChI=1S/C9H6Cl2N2O2S/c1-14-8-12-9(16-13-8)15-5-2-3-6(10)7(11)4-5/h2-4H,1H3. The Balaban J connectivity index is 2.17. The summed E-state index contributed by atoms with van der Waals surface area (Å²) >= 11 is 12.7. The van der Waals surface area contributed by atoms with Gasteiger partial charge in [0.25, 0.3) is 0 Å². The van der Waals surface area contributed by atoms with Gasteiger partial charge in [-0.1, -0.05) is 23.2 Å². The first kappa shape index (κ1) is 11.4. The summed E-state index contributed by atoms with van der Waals surface area (Å²) in [5.41, 5.74) is 0. The molecule has 0 N–H and O–H groups in total. The van der Waals surface area contributed by atoms with Crippen LogP contribution in [0, 0.1) is 0 Å². The minimum atomic E-state index is 0.278. The first-order valence-electron chi connectivity index (χ1n) is 4.19. The number of halogens is 2. The summed E-state index contributed by atoms with van der Waals surface area (Å²) in [5.74, 6) is 0.549. The molecule has 0 saturated carbocycles. The summed E-state index contributed by atoms with van der Waals surface area (Å²) in [4.78, 5) is 3.96. The maximum absolute atomic E-state index is 5.84. The lowest BCUT2D eigenvalue weighted by Gasteiger charge is -2.01. The summed E-state index contributed by atoms with van der Waals surface area (Å²) < 4.78 is 14.1. The highest BCUT2D eigenvalue weighted by Crippen LogP contribution is 2.30. The molecule has 0 aliphatic rings. The highest BCUT2D eigenvalue weighted by atomic mass is 35.5. The van der Waals surface area contributed by atoms with Crippen LogP contribution in [-0.2, 0) is 0 Å². The molecule has 1 aromatic heterocycles. The molecule has 0 bridgehead atoms. The highest BCUT2D eigenvalue weighted by Gasteiger charge is 2.07. The van der Waals surface area contributed by atoms with E-state index in [1.54, 1.807) is 18.2 Å². The smallest absolute Gasteiger partial charge is 0.331 e. The first-order valence-corrected chi connectivity index (χ1v) is 5.72. The zero-order chi connectivity index (χ0) is 11.5. The lowest BCUT2D eigenvalue weighted by atomic mass is 10.3. The van der Waals surface area contributed by atoms with Gasteiger partial charge in [-0.25, -0.2) is 0 Å². The van der Waals surface area contributed by atoms with Crippen LogP contribution in [0.2, 0.25) is 10.0 Å². The van der Waals surface area contributed by atoms with Crippen molar-refractivity contribution in [3.8, 4) is 17.0 Å². The third-order valence-corrected chi connectivity index (χ3v) is 2.98. The van der Waals surface area contributed by atoms with Gasteiger partial charge in [0.15, 0.2) is 0 Å². The predicted octanol–water partition coefficient (Wildman–Crippen LogP) is 3.65. The van der Waals surface area contributed by atoms with Crippen LogP contribution in [0.5, 0.6) is 17.0 Å². The van der Waals surface area contributed by atoms with Crippen molar-refractivity contribution >= 4 is 34.7 Å². The summed E-state index contributed by atoms with van der Waals surface area (Å²) in [6.07, 6.45) is 0. The molecule has 0 saturated heterocycles. The number of methoxy groups -OCH3 is 1. The van der Waals surface area contributed by atoms with E-state index in [1.165, 1.54) is 7.11 Å². The lowest BCUT2D eigenvalue weighted by Crippen LogP contribution is -1.85. The van der Waals surface area contributed by atoms with Crippen LogP contribution in [0.4, 0.5) is 0 Å². The number of nitrogens with zero attached hydrogens (tertiary/aromatic N) is 2. The molecule has 4 nitrogen and oxygen atoms in total. The van der Waals surface area contributed by atoms with E-state index in [2.05, 4.69) is 9.36 Å². The molecule has 84 valence electrons. The maximum atomic E-state index is 5.84. The van der Waals surface area contributed by atoms with E-state index in [-0.39, 0.29) is 6.01 Å². The van der Waals surface area contributed by atoms with E-state index in [9.17, 15) is 0 Å². The number of benzene rings is 1. The average Bonchev–Trinajstić information content (AvgIpc) is 2.71. The Labute approximate surface area is 106 Å². The summed E-state index contributed by atoms with van der Waals surface area (Å²) in [6.45, 7) is 0. The molecular formula is C9H6Cl2N2O2S. The molecule has 1 heterocycles. The second-order valence-electron chi connectivity index (χ2n) is 2.72. The molecule has 0 atom stereocenters. The van der Waals surface area contributed by atoms with E-state index >= 15 is 0 Å². The van der Waals surface area contributed by atoms with Crippen LogP contribution < -0.4 is 9.47 Å². The van der Waals surface area contributed by atoms with E-state index < -0.39 is 0 Å². The summed E-state index contributed by atoms with van der Waals surface area (Å²) in [6, 6.07) is 5.23. The molecule has 0 radical (unpaired) electrons. The number of hydrogen-bond acceptors (Lipinski definition) is 5. The molecule has 0 aliphatic carbocycles. The Morgan fingerprint density at radius 1 is 1.25 bits per heavy atom. The zero-order valence-electron chi connectivity index (χ0n) is 8.11. The van der Waals surface area contributed by atoms with Crippen molar-refractivity contribution < 1.29 is 9.47 Å². The lowest BCUT2D eigenvalue weighted by molar-refractivity contribution is 0.378. The number of aromatic nitrogens is 2. The second-order valence-corrected chi connectivity index (χ2v) is 4.25. The molecule has 0 amide bonds. The predicted molar refractivity (Wildman–Crippen MR) is 63.0 cm³/mol. The minimum Gasteiger partial charge on any atom is -0.466 e. The fourth-order valence-corrected chi connectivity index (χ4v) is 1.77. The molecule has 16 heavy (non-hydrogen) atoms. The van der Waals surface area contributed by atoms with Crippen LogP contribution in [-0.4, -0.2) is 16.5 Å². The van der Waals surface area contributed by atoms with Gasteiger partial charge >= 0.3 is 11.2 Å². The molecule has 0 fully saturated rings. The van der Waals surface area contributed by atoms with E-state index in [0.29, 0.717) is 21.0 Å². The number of hydrogen-bond donors (Lipinski definition) is 0. The zero-order valence-corrected chi connectivity index (χ0v) is 10.4. The Hall–Kier alpha value is -1.04. The number of rotatable bonds is 3. The van der Waals surface area contributed by atoms with Crippen molar-refractivity contribution in [3.63, 3.8) is 0 Å². The van der Waals surface area contributed by atoms with Gasteiger partial charge in [-0.15, -0.1) is 9.36 Å². The molecule has 1 aromatic carbocycles. The van der Waals surface area contributed by atoms with Gasteiger partial charge in [-0.05, 0) is 12.1 Å². The molecule has 7 heteroatoms. The molecule has 2 rings (SSSR count). The fourth-order valence-electron chi connectivity index (χ4n) is 0.963.